The Morgan fingerprint density at radius 1 is 0.938 bits per heavy atom. The lowest BCUT2D eigenvalue weighted by molar-refractivity contribution is 0.0846. The van der Waals surface area contributed by atoms with E-state index in [1.165, 1.54) is 0 Å². The molecule has 2 aromatic heterocycles. The monoisotopic (exact) mass is 430 g/mol. The van der Waals surface area contributed by atoms with Gasteiger partial charge in [-0.3, -0.25) is 20.4 Å². The van der Waals surface area contributed by atoms with Crippen LogP contribution in [0.1, 0.15) is 32.2 Å². The number of hydrogen-bond donors (Lipinski definition) is 2. The number of hydrogen-bond acceptors (Lipinski definition) is 5. The second-order valence-corrected chi connectivity index (χ2v) is 7.14. The molecule has 0 saturated carbocycles. The van der Waals surface area contributed by atoms with Crippen molar-refractivity contribution in [2.75, 3.05) is 7.11 Å². The van der Waals surface area contributed by atoms with Crippen LogP contribution in [-0.4, -0.2) is 28.7 Å². The van der Waals surface area contributed by atoms with Gasteiger partial charge >= 0.3 is 0 Å². The zero-order valence-electron chi connectivity index (χ0n) is 17.9. The molecule has 0 bridgehead atoms. The number of para-hydroxylation sites is 1. The summed E-state index contributed by atoms with van der Waals surface area (Å²) in [5.74, 6) is 0.827. The summed E-state index contributed by atoms with van der Waals surface area (Å²) >= 11 is 0. The molecule has 0 spiro atoms. The highest BCUT2D eigenvalue weighted by molar-refractivity contribution is 6.02. The van der Waals surface area contributed by atoms with E-state index in [-0.39, 0.29) is 0 Å². The number of carbonyl (C=O) groups excluding carboxylic acids is 2. The third-order valence-electron chi connectivity index (χ3n) is 4.92. The third-order valence-corrected chi connectivity index (χ3v) is 4.92. The van der Waals surface area contributed by atoms with Crippen LogP contribution >= 0.6 is 0 Å². The normalized spacial score (nSPS) is 10.6. The van der Waals surface area contributed by atoms with Gasteiger partial charge in [-0.1, -0.05) is 18.2 Å². The average molecular weight is 430 g/mol. The summed E-state index contributed by atoms with van der Waals surface area (Å²) in [5.41, 5.74) is 7.59. The molecule has 0 radical (unpaired) electrons. The van der Waals surface area contributed by atoms with Gasteiger partial charge in [-0.05, 0) is 56.3 Å². The van der Waals surface area contributed by atoms with E-state index < -0.39 is 11.8 Å². The molecule has 2 aromatic carbocycles. The number of carbonyl (C=O) groups is 2. The summed E-state index contributed by atoms with van der Waals surface area (Å²) in [4.78, 5) is 25.5. The Morgan fingerprint density at radius 3 is 2.19 bits per heavy atom. The fraction of sp³-hybridized carbons (Fsp3) is 0.125. The molecule has 32 heavy (non-hydrogen) atoms. The van der Waals surface area contributed by atoms with Crippen molar-refractivity contribution in [2.45, 2.75) is 13.8 Å². The van der Waals surface area contributed by atoms with Crippen molar-refractivity contribution >= 4 is 11.8 Å². The molecule has 0 aliphatic carbocycles. The maximum Gasteiger partial charge on any atom is 0.273 e. The Hall–Kier alpha value is -4.33. The smallest absolute Gasteiger partial charge is 0.273 e. The van der Waals surface area contributed by atoms with Crippen molar-refractivity contribution in [1.82, 2.24) is 20.6 Å². The first-order valence-electron chi connectivity index (χ1n) is 9.93. The Labute approximate surface area is 184 Å². The summed E-state index contributed by atoms with van der Waals surface area (Å²) in [6.07, 6.45) is 1.63. The maximum atomic E-state index is 13.0. The van der Waals surface area contributed by atoms with Gasteiger partial charge in [0.15, 0.2) is 0 Å². The van der Waals surface area contributed by atoms with Gasteiger partial charge in [-0.15, -0.1) is 0 Å². The number of aryl methyl sites for hydroxylation is 2. The molecule has 2 amide bonds. The van der Waals surface area contributed by atoms with E-state index in [9.17, 15) is 9.59 Å². The molecule has 2 N–H and O–H groups in total. The minimum absolute atomic E-state index is 0.305. The zero-order valence-corrected chi connectivity index (χ0v) is 17.9. The number of nitrogens with zero attached hydrogens (tertiary/aromatic N) is 2. The lowest BCUT2D eigenvalue weighted by atomic mass is 10.1. The molecular weight excluding hydrogens is 408 g/mol. The Bertz CT molecular complexity index is 1260. The highest BCUT2D eigenvalue weighted by Gasteiger charge is 2.20. The zero-order chi connectivity index (χ0) is 22.7. The minimum atomic E-state index is -0.496. The van der Waals surface area contributed by atoms with Gasteiger partial charge in [-0.2, -0.15) is 5.10 Å². The topological polar surface area (TPSA) is 98.4 Å². The lowest BCUT2D eigenvalue weighted by Crippen LogP contribution is -2.41. The molecular formula is C24H22N4O4. The van der Waals surface area contributed by atoms with Crippen LogP contribution in [0, 0.1) is 13.8 Å². The van der Waals surface area contributed by atoms with Gasteiger partial charge in [0.25, 0.3) is 11.8 Å². The van der Waals surface area contributed by atoms with Crippen LogP contribution in [0.15, 0.2) is 71.3 Å². The van der Waals surface area contributed by atoms with E-state index in [2.05, 4.69) is 16.0 Å². The standard InChI is InChI=1S/C24H22N4O4/c1-15-13-20(16(2)32-15)23(29)25-26-24(30)21-14-28(18-7-5-4-6-8-18)27-22(21)17-9-11-19(31-3)12-10-17/h4-14H,1-3H3,(H,25,29)(H,26,30). The summed E-state index contributed by atoms with van der Waals surface area (Å²) in [6.45, 7) is 3.44. The number of methoxy groups -OCH3 is 1. The van der Waals surface area contributed by atoms with Gasteiger partial charge in [0.05, 0.1) is 23.9 Å². The Kier molecular flexibility index (Phi) is 5.76. The van der Waals surface area contributed by atoms with E-state index in [1.54, 1.807) is 50.0 Å². The molecule has 0 fully saturated rings. The largest absolute Gasteiger partial charge is 0.497 e. The number of hydrazine groups is 1. The molecule has 0 unspecified atom stereocenters. The SMILES string of the molecule is COc1ccc(-c2nn(-c3ccccc3)cc2C(=O)NNC(=O)c2cc(C)oc2C)cc1. The first-order valence-corrected chi connectivity index (χ1v) is 9.93. The van der Waals surface area contributed by atoms with Gasteiger partial charge < -0.3 is 9.15 Å². The van der Waals surface area contributed by atoms with Crippen LogP contribution in [0.25, 0.3) is 16.9 Å². The van der Waals surface area contributed by atoms with Crippen molar-refractivity contribution < 1.29 is 18.7 Å². The van der Waals surface area contributed by atoms with Crippen LogP contribution in [0.4, 0.5) is 0 Å². The van der Waals surface area contributed by atoms with Crippen LogP contribution in [-0.2, 0) is 0 Å². The van der Waals surface area contributed by atoms with Crippen LogP contribution in [0.5, 0.6) is 5.75 Å². The highest BCUT2D eigenvalue weighted by Crippen LogP contribution is 2.26. The van der Waals surface area contributed by atoms with Gasteiger partial charge in [-0.25, -0.2) is 4.68 Å². The number of amides is 2. The second-order valence-electron chi connectivity index (χ2n) is 7.14. The van der Waals surface area contributed by atoms with Crippen molar-refractivity contribution in [3.05, 3.63) is 89.5 Å². The first kappa shape index (κ1) is 20.9. The quantitative estimate of drug-likeness (QED) is 0.469. The summed E-state index contributed by atoms with van der Waals surface area (Å²) < 4.78 is 12.2. The number of furan rings is 1. The van der Waals surface area contributed by atoms with E-state index in [0.29, 0.717) is 34.1 Å². The Morgan fingerprint density at radius 2 is 1.59 bits per heavy atom. The fourth-order valence-corrected chi connectivity index (χ4v) is 3.32. The first-order chi connectivity index (χ1) is 15.5. The summed E-state index contributed by atoms with van der Waals surface area (Å²) in [5, 5.41) is 4.62. The van der Waals surface area contributed by atoms with Crippen molar-refractivity contribution in [3.63, 3.8) is 0 Å². The van der Waals surface area contributed by atoms with E-state index in [0.717, 1.165) is 11.3 Å². The highest BCUT2D eigenvalue weighted by atomic mass is 16.5. The van der Waals surface area contributed by atoms with Crippen LogP contribution < -0.4 is 15.6 Å². The predicted molar refractivity (Wildman–Crippen MR) is 119 cm³/mol. The fourth-order valence-electron chi connectivity index (χ4n) is 3.32. The molecule has 4 rings (SSSR count). The van der Waals surface area contributed by atoms with E-state index in [4.69, 9.17) is 9.15 Å². The Balaban J connectivity index is 1.63. The number of nitrogens with one attached hydrogen (secondary N) is 2. The van der Waals surface area contributed by atoms with E-state index in [1.807, 2.05) is 42.5 Å². The molecule has 0 aliphatic rings. The minimum Gasteiger partial charge on any atom is -0.497 e. The van der Waals surface area contributed by atoms with Crippen LogP contribution in [0.3, 0.4) is 0 Å². The van der Waals surface area contributed by atoms with Gasteiger partial charge in [0.1, 0.15) is 23.0 Å². The average Bonchev–Trinajstić information content (AvgIpc) is 3.41. The molecule has 8 nitrogen and oxygen atoms in total. The van der Waals surface area contributed by atoms with Crippen molar-refractivity contribution in [1.29, 1.82) is 0 Å². The molecule has 162 valence electrons. The summed E-state index contributed by atoms with van der Waals surface area (Å²) in [7, 11) is 1.59. The van der Waals surface area contributed by atoms with Gasteiger partial charge in [0, 0.05) is 11.8 Å². The second kappa shape index (κ2) is 8.81. The summed E-state index contributed by atoms with van der Waals surface area (Å²) in [6, 6.07) is 18.3. The van der Waals surface area contributed by atoms with Gasteiger partial charge in [0.2, 0.25) is 0 Å². The van der Waals surface area contributed by atoms with E-state index >= 15 is 0 Å². The third kappa shape index (κ3) is 4.24. The molecule has 4 aromatic rings. The van der Waals surface area contributed by atoms with Crippen molar-refractivity contribution in [3.8, 4) is 22.7 Å². The molecule has 0 aliphatic heterocycles. The van der Waals surface area contributed by atoms with Crippen LogP contribution in [0.2, 0.25) is 0 Å². The lowest BCUT2D eigenvalue weighted by Gasteiger charge is -2.07. The molecule has 0 saturated heterocycles. The number of rotatable bonds is 5. The molecule has 0 atom stereocenters. The maximum absolute atomic E-state index is 13.0. The number of aromatic nitrogens is 2. The van der Waals surface area contributed by atoms with Crippen molar-refractivity contribution in [2.24, 2.45) is 0 Å². The number of benzene rings is 2. The predicted octanol–water partition coefficient (Wildman–Crippen LogP) is 3.83. The molecule has 2 heterocycles. The molecule has 8 heteroatoms. The number of ether oxygens (including phenoxy) is 1.